The highest BCUT2D eigenvalue weighted by atomic mass is 15.2. The Morgan fingerprint density at radius 1 is 1.43 bits per heavy atom. The summed E-state index contributed by atoms with van der Waals surface area (Å²) in [6, 6.07) is 0. The standard InChI is InChI=1S/C12H24N2/c1-3-12(2)10-13-7-9-14(12)8-6-11-4-5-11/h11,13H,3-10H2,1-2H3. The lowest BCUT2D eigenvalue weighted by molar-refractivity contribution is 0.0688. The molecule has 2 heteroatoms. The van der Waals surface area contributed by atoms with Crippen LogP contribution in [0.25, 0.3) is 0 Å². The van der Waals surface area contributed by atoms with Crippen molar-refractivity contribution in [3.8, 4) is 0 Å². The van der Waals surface area contributed by atoms with E-state index in [1.165, 1.54) is 51.9 Å². The van der Waals surface area contributed by atoms with E-state index in [4.69, 9.17) is 0 Å². The summed E-state index contributed by atoms with van der Waals surface area (Å²) >= 11 is 0. The topological polar surface area (TPSA) is 15.3 Å². The first kappa shape index (κ1) is 10.4. The van der Waals surface area contributed by atoms with Crippen molar-refractivity contribution in [2.75, 3.05) is 26.2 Å². The first-order chi connectivity index (χ1) is 6.74. The molecule has 0 aromatic heterocycles. The molecule has 0 amide bonds. The van der Waals surface area contributed by atoms with Gasteiger partial charge in [-0.05, 0) is 32.2 Å². The van der Waals surface area contributed by atoms with Crippen molar-refractivity contribution in [3.63, 3.8) is 0 Å². The number of hydrogen-bond acceptors (Lipinski definition) is 2. The van der Waals surface area contributed by atoms with Crippen LogP contribution in [-0.4, -0.2) is 36.6 Å². The zero-order valence-electron chi connectivity index (χ0n) is 9.68. The summed E-state index contributed by atoms with van der Waals surface area (Å²) in [6.07, 6.45) is 5.70. The molecule has 1 aliphatic carbocycles. The van der Waals surface area contributed by atoms with Crippen LogP contribution in [0.5, 0.6) is 0 Å². The number of nitrogens with zero attached hydrogens (tertiary/aromatic N) is 1. The van der Waals surface area contributed by atoms with Gasteiger partial charge < -0.3 is 5.32 Å². The molecule has 0 bridgehead atoms. The van der Waals surface area contributed by atoms with Crippen LogP contribution in [0.1, 0.15) is 39.5 Å². The van der Waals surface area contributed by atoms with Gasteiger partial charge in [0.2, 0.25) is 0 Å². The summed E-state index contributed by atoms with van der Waals surface area (Å²) in [5.74, 6) is 1.07. The Balaban J connectivity index is 1.84. The molecule has 1 heterocycles. The monoisotopic (exact) mass is 196 g/mol. The van der Waals surface area contributed by atoms with Crippen molar-refractivity contribution in [2.45, 2.75) is 45.1 Å². The molecule has 2 fully saturated rings. The van der Waals surface area contributed by atoms with Gasteiger partial charge in [-0.1, -0.05) is 19.8 Å². The quantitative estimate of drug-likeness (QED) is 0.738. The van der Waals surface area contributed by atoms with Gasteiger partial charge in [0.15, 0.2) is 0 Å². The lowest BCUT2D eigenvalue weighted by Crippen LogP contribution is -2.59. The third kappa shape index (κ3) is 2.29. The molecule has 1 aliphatic heterocycles. The maximum absolute atomic E-state index is 3.52. The van der Waals surface area contributed by atoms with Crippen molar-refractivity contribution < 1.29 is 0 Å². The molecule has 0 radical (unpaired) electrons. The normalized spacial score (nSPS) is 34.7. The van der Waals surface area contributed by atoms with Gasteiger partial charge in [-0.2, -0.15) is 0 Å². The average molecular weight is 196 g/mol. The van der Waals surface area contributed by atoms with Crippen LogP contribution in [-0.2, 0) is 0 Å². The van der Waals surface area contributed by atoms with Gasteiger partial charge in [0.1, 0.15) is 0 Å². The van der Waals surface area contributed by atoms with E-state index < -0.39 is 0 Å². The van der Waals surface area contributed by atoms with Crippen LogP contribution in [0, 0.1) is 5.92 Å². The van der Waals surface area contributed by atoms with E-state index >= 15 is 0 Å². The Labute approximate surface area is 88.1 Å². The minimum atomic E-state index is 0.424. The molecule has 0 aromatic carbocycles. The zero-order valence-corrected chi connectivity index (χ0v) is 9.68. The summed E-state index contributed by atoms with van der Waals surface area (Å²) in [7, 11) is 0. The van der Waals surface area contributed by atoms with Gasteiger partial charge >= 0.3 is 0 Å². The highest BCUT2D eigenvalue weighted by Crippen LogP contribution is 2.33. The molecular weight excluding hydrogens is 172 g/mol. The van der Waals surface area contributed by atoms with Crippen molar-refractivity contribution in [3.05, 3.63) is 0 Å². The number of hydrogen-bond donors (Lipinski definition) is 1. The second-order valence-electron chi connectivity index (χ2n) is 5.25. The predicted molar refractivity (Wildman–Crippen MR) is 60.5 cm³/mol. The molecular formula is C12H24N2. The minimum absolute atomic E-state index is 0.424. The van der Waals surface area contributed by atoms with E-state index in [0.717, 1.165) is 5.92 Å². The molecule has 0 aromatic rings. The average Bonchev–Trinajstić information content (AvgIpc) is 3.00. The summed E-state index contributed by atoms with van der Waals surface area (Å²) < 4.78 is 0. The predicted octanol–water partition coefficient (Wildman–Crippen LogP) is 1.86. The first-order valence-electron chi connectivity index (χ1n) is 6.20. The Hall–Kier alpha value is -0.0800. The van der Waals surface area contributed by atoms with Gasteiger partial charge in [-0.15, -0.1) is 0 Å². The number of rotatable bonds is 4. The van der Waals surface area contributed by atoms with E-state index in [1.807, 2.05) is 0 Å². The maximum atomic E-state index is 3.52. The molecule has 1 saturated carbocycles. The first-order valence-corrected chi connectivity index (χ1v) is 6.20. The van der Waals surface area contributed by atoms with Crippen molar-refractivity contribution in [1.82, 2.24) is 10.2 Å². The van der Waals surface area contributed by atoms with Crippen LogP contribution in [0.4, 0.5) is 0 Å². The lowest BCUT2D eigenvalue weighted by atomic mass is 9.93. The van der Waals surface area contributed by atoms with Gasteiger partial charge in [0, 0.05) is 25.2 Å². The summed E-state index contributed by atoms with van der Waals surface area (Å²) in [5.41, 5.74) is 0.424. The van der Waals surface area contributed by atoms with E-state index in [0.29, 0.717) is 5.54 Å². The highest BCUT2D eigenvalue weighted by molar-refractivity contribution is 4.91. The third-order valence-corrected chi connectivity index (χ3v) is 4.09. The van der Waals surface area contributed by atoms with Crippen LogP contribution >= 0.6 is 0 Å². The Morgan fingerprint density at radius 2 is 2.21 bits per heavy atom. The molecule has 2 rings (SSSR count). The minimum Gasteiger partial charge on any atom is -0.314 e. The fourth-order valence-corrected chi connectivity index (χ4v) is 2.43. The summed E-state index contributed by atoms with van der Waals surface area (Å²) in [4.78, 5) is 2.71. The number of piperazine rings is 1. The molecule has 1 atom stereocenters. The van der Waals surface area contributed by atoms with Crippen LogP contribution in [0.3, 0.4) is 0 Å². The third-order valence-electron chi connectivity index (χ3n) is 4.09. The molecule has 2 nitrogen and oxygen atoms in total. The molecule has 14 heavy (non-hydrogen) atoms. The fourth-order valence-electron chi connectivity index (χ4n) is 2.43. The molecule has 1 saturated heterocycles. The van der Waals surface area contributed by atoms with Crippen LogP contribution in [0.2, 0.25) is 0 Å². The van der Waals surface area contributed by atoms with E-state index in [-0.39, 0.29) is 0 Å². The molecule has 82 valence electrons. The summed E-state index contributed by atoms with van der Waals surface area (Å²) in [6.45, 7) is 9.66. The van der Waals surface area contributed by atoms with E-state index in [9.17, 15) is 0 Å². The molecule has 0 spiro atoms. The van der Waals surface area contributed by atoms with E-state index in [2.05, 4.69) is 24.1 Å². The molecule has 2 aliphatic rings. The van der Waals surface area contributed by atoms with Crippen molar-refractivity contribution in [2.24, 2.45) is 5.92 Å². The van der Waals surface area contributed by atoms with Gasteiger partial charge in [0.05, 0.1) is 0 Å². The highest BCUT2D eigenvalue weighted by Gasteiger charge is 2.33. The van der Waals surface area contributed by atoms with Crippen LogP contribution in [0.15, 0.2) is 0 Å². The van der Waals surface area contributed by atoms with Gasteiger partial charge in [0.25, 0.3) is 0 Å². The molecule has 1 unspecified atom stereocenters. The second-order valence-corrected chi connectivity index (χ2v) is 5.25. The Morgan fingerprint density at radius 3 is 2.86 bits per heavy atom. The summed E-state index contributed by atoms with van der Waals surface area (Å²) in [5, 5.41) is 3.52. The maximum Gasteiger partial charge on any atom is 0.0303 e. The Kier molecular flexibility index (Phi) is 3.13. The molecule has 1 N–H and O–H groups in total. The smallest absolute Gasteiger partial charge is 0.0303 e. The van der Waals surface area contributed by atoms with Gasteiger partial charge in [-0.25, -0.2) is 0 Å². The van der Waals surface area contributed by atoms with Gasteiger partial charge in [-0.3, -0.25) is 4.90 Å². The van der Waals surface area contributed by atoms with Crippen molar-refractivity contribution in [1.29, 1.82) is 0 Å². The lowest BCUT2D eigenvalue weighted by Gasteiger charge is -2.45. The van der Waals surface area contributed by atoms with Crippen LogP contribution < -0.4 is 5.32 Å². The zero-order chi connectivity index (χ0) is 10.0. The second kappa shape index (κ2) is 4.19. The Bertz CT molecular complexity index is 189. The SMILES string of the molecule is CCC1(C)CNCCN1CCC1CC1. The number of nitrogens with one attached hydrogen (secondary N) is 1. The van der Waals surface area contributed by atoms with Crippen molar-refractivity contribution >= 4 is 0 Å². The fraction of sp³-hybridized carbons (Fsp3) is 1.00. The largest absolute Gasteiger partial charge is 0.314 e. The van der Waals surface area contributed by atoms with E-state index in [1.54, 1.807) is 0 Å².